The third-order valence-corrected chi connectivity index (χ3v) is 3.98. The van der Waals surface area contributed by atoms with Gasteiger partial charge in [0, 0.05) is 13.1 Å². The highest BCUT2D eigenvalue weighted by atomic mass is 16.5. The van der Waals surface area contributed by atoms with Crippen molar-refractivity contribution < 1.29 is 14.6 Å². The molecule has 1 aliphatic rings. The molecule has 5 nitrogen and oxygen atoms in total. The minimum absolute atomic E-state index is 0.0955. The summed E-state index contributed by atoms with van der Waals surface area (Å²) in [5.74, 6) is -0.234. The molecule has 0 amide bonds. The summed E-state index contributed by atoms with van der Waals surface area (Å²) >= 11 is 0. The molecule has 0 radical (unpaired) electrons. The summed E-state index contributed by atoms with van der Waals surface area (Å²) in [4.78, 5) is 13.9. The van der Waals surface area contributed by atoms with E-state index in [4.69, 9.17) is 10.00 Å². The van der Waals surface area contributed by atoms with Gasteiger partial charge in [0.15, 0.2) is 0 Å². The molecule has 1 N–H and O–H groups in total. The molecule has 0 saturated carbocycles. The van der Waals surface area contributed by atoms with Gasteiger partial charge in [0.2, 0.25) is 0 Å². The number of hydrogen-bond donors (Lipinski definition) is 1. The molecule has 2 rings (SSSR count). The van der Waals surface area contributed by atoms with Gasteiger partial charge in [-0.15, -0.1) is 0 Å². The number of ether oxygens (including phenoxy) is 1. The van der Waals surface area contributed by atoms with Crippen LogP contribution in [-0.4, -0.2) is 42.2 Å². The van der Waals surface area contributed by atoms with Crippen LogP contribution < -0.4 is 0 Å². The van der Waals surface area contributed by atoms with Gasteiger partial charge in [0.05, 0.1) is 30.3 Å². The second-order valence-corrected chi connectivity index (χ2v) is 5.60. The van der Waals surface area contributed by atoms with Crippen LogP contribution in [0.25, 0.3) is 0 Å². The molecular formula is C17H22N2O3. The Balaban J connectivity index is 1.91. The minimum Gasteiger partial charge on any atom is -0.466 e. The van der Waals surface area contributed by atoms with Crippen molar-refractivity contribution >= 4 is 5.97 Å². The van der Waals surface area contributed by atoms with E-state index in [1.807, 2.05) is 6.92 Å². The maximum Gasteiger partial charge on any atom is 0.310 e. The summed E-state index contributed by atoms with van der Waals surface area (Å²) in [7, 11) is 0. The van der Waals surface area contributed by atoms with Crippen LogP contribution in [0, 0.1) is 17.2 Å². The summed E-state index contributed by atoms with van der Waals surface area (Å²) in [5.41, 5.74) is 1.37. The van der Waals surface area contributed by atoms with E-state index in [2.05, 4.69) is 11.0 Å². The molecule has 2 atom stereocenters. The molecule has 118 valence electrons. The summed E-state index contributed by atoms with van der Waals surface area (Å²) in [6.45, 7) is 4.22. The number of piperidine rings is 1. The van der Waals surface area contributed by atoms with E-state index in [1.54, 1.807) is 24.3 Å². The van der Waals surface area contributed by atoms with Gasteiger partial charge in [0.25, 0.3) is 0 Å². The first kappa shape index (κ1) is 16.5. The Kier molecular flexibility index (Phi) is 5.93. The summed E-state index contributed by atoms with van der Waals surface area (Å²) in [6, 6.07) is 9.02. The molecule has 0 bridgehead atoms. The molecule has 22 heavy (non-hydrogen) atoms. The largest absolute Gasteiger partial charge is 0.466 e. The van der Waals surface area contributed by atoms with Crippen LogP contribution in [0.1, 0.15) is 37.0 Å². The Bertz CT molecular complexity index is 536. The molecule has 0 aromatic heterocycles. The Labute approximate surface area is 131 Å². The van der Waals surface area contributed by atoms with Crippen LogP contribution in [0.15, 0.2) is 24.3 Å². The van der Waals surface area contributed by atoms with E-state index in [-0.39, 0.29) is 11.9 Å². The van der Waals surface area contributed by atoms with E-state index in [9.17, 15) is 9.90 Å². The Morgan fingerprint density at radius 2 is 2.23 bits per heavy atom. The fraction of sp³-hybridized carbons (Fsp3) is 0.529. The van der Waals surface area contributed by atoms with Crippen LogP contribution in [-0.2, 0) is 9.53 Å². The maximum absolute atomic E-state index is 11.8. The van der Waals surface area contributed by atoms with Crippen LogP contribution in [0.5, 0.6) is 0 Å². The highest BCUT2D eigenvalue weighted by molar-refractivity contribution is 5.72. The lowest BCUT2D eigenvalue weighted by molar-refractivity contribution is -0.150. The summed E-state index contributed by atoms with van der Waals surface area (Å²) < 4.78 is 5.09. The SMILES string of the molecule is CCOC(=O)[C@H]1CCCN(C[C@H](O)c2ccc(C#N)cc2)C1. The standard InChI is InChI=1S/C17H22N2O3/c1-2-22-17(21)15-4-3-9-19(11-15)12-16(20)14-7-5-13(10-18)6-8-14/h5-8,15-16,20H,2-4,9,11-12H2,1H3/t15-,16-/m0/s1. The molecule has 1 saturated heterocycles. The molecule has 1 heterocycles. The first-order valence-corrected chi connectivity index (χ1v) is 7.71. The van der Waals surface area contributed by atoms with Crippen molar-refractivity contribution in [3.8, 4) is 6.07 Å². The molecule has 1 aromatic carbocycles. The molecule has 1 aromatic rings. The lowest BCUT2D eigenvalue weighted by atomic mass is 9.97. The highest BCUT2D eigenvalue weighted by Crippen LogP contribution is 2.21. The van der Waals surface area contributed by atoms with Crippen molar-refractivity contribution in [1.82, 2.24) is 4.90 Å². The summed E-state index contributed by atoms with van der Waals surface area (Å²) in [6.07, 6.45) is 1.17. The van der Waals surface area contributed by atoms with E-state index < -0.39 is 6.10 Å². The van der Waals surface area contributed by atoms with Gasteiger partial charge in [-0.25, -0.2) is 0 Å². The first-order valence-electron chi connectivity index (χ1n) is 7.71. The zero-order chi connectivity index (χ0) is 15.9. The monoisotopic (exact) mass is 302 g/mol. The van der Waals surface area contributed by atoms with Crippen molar-refractivity contribution in [1.29, 1.82) is 5.26 Å². The van der Waals surface area contributed by atoms with Crippen LogP contribution in [0.4, 0.5) is 0 Å². The number of nitriles is 1. The van der Waals surface area contributed by atoms with E-state index >= 15 is 0 Å². The molecule has 1 fully saturated rings. The molecule has 5 heteroatoms. The van der Waals surface area contributed by atoms with E-state index in [0.717, 1.165) is 24.9 Å². The van der Waals surface area contributed by atoms with Gasteiger partial charge in [-0.1, -0.05) is 12.1 Å². The number of aliphatic hydroxyl groups is 1. The molecule has 0 spiro atoms. The van der Waals surface area contributed by atoms with E-state index in [0.29, 0.717) is 25.3 Å². The minimum atomic E-state index is -0.617. The highest BCUT2D eigenvalue weighted by Gasteiger charge is 2.27. The Morgan fingerprint density at radius 1 is 1.50 bits per heavy atom. The smallest absolute Gasteiger partial charge is 0.310 e. The summed E-state index contributed by atoms with van der Waals surface area (Å²) in [5, 5.41) is 19.1. The second kappa shape index (κ2) is 7.92. The van der Waals surface area contributed by atoms with Gasteiger partial charge in [-0.05, 0) is 44.0 Å². The van der Waals surface area contributed by atoms with Crippen molar-refractivity contribution in [2.45, 2.75) is 25.9 Å². The number of likely N-dealkylation sites (tertiary alicyclic amines) is 1. The molecule has 0 aliphatic carbocycles. The van der Waals surface area contributed by atoms with Gasteiger partial charge >= 0.3 is 5.97 Å². The maximum atomic E-state index is 11.8. The average molecular weight is 302 g/mol. The second-order valence-electron chi connectivity index (χ2n) is 5.60. The van der Waals surface area contributed by atoms with Crippen molar-refractivity contribution in [2.24, 2.45) is 5.92 Å². The number of esters is 1. The number of benzene rings is 1. The predicted octanol–water partition coefficient (Wildman–Crippen LogP) is 1.87. The zero-order valence-corrected chi connectivity index (χ0v) is 12.9. The normalized spacial score (nSPS) is 20.1. The number of hydrogen-bond acceptors (Lipinski definition) is 5. The third-order valence-electron chi connectivity index (χ3n) is 3.98. The molecule has 1 aliphatic heterocycles. The van der Waals surface area contributed by atoms with Crippen LogP contribution in [0.3, 0.4) is 0 Å². The quantitative estimate of drug-likeness (QED) is 0.841. The number of aliphatic hydroxyl groups excluding tert-OH is 1. The van der Waals surface area contributed by atoms with Crippen molar-refractivity contribution in [3.05, 3.63) is 35.4 Å². The number of carbonyl (C=O) groups excluding carboxylic acids is 1. The Morgan fingerprint density at radius 3 is 2.86 bits per heavy atom. The van der Waals surface area contributed by atoms with Gasteiger partial charge in [0.1, 0.15) is 0 Å². The molecule has 0 unspecified atom stereocenters. The number of rotatable bonds is 5. The number of nitrogens with zero attached hydrogens (tertiary/aromatic N) is 2. The van der Waals surface area contributed by atoms with Crippen molar-refractivity contribution in [3.63, 3.8) is 0 Å². The zero-order valence-electron chi connectivity index (χ0n) is 12.9. The predicted molar refractivity (Wildman–Crippen MR) is 81.9 cm³/mol. The number of carbonyl (C=O) groups is 1. The lowest BCUT2D eigenvalue weighted by Crippen LogP contribution is -2.41. The third kappa shape index (κ3) is 4.30. The van der Waals surface area contributed by atoms with Gasteiger partial charge in [-0.2, -0.15) is 5.26 Å². The molecular weight excluding hydrogens is 280 g/mol. The van der Waals surface area contributed by atoms with Crippen LogP contribution >= 0.6 is 0 Å². The van der Waals surface area contributed by atoms with Crippen LogP contribution in [0.2, 0.25) is 0 Å². The average Bonchev–Trinajstić information content (AvgIpc) is 2.55. The number of β-amino-alcohol motifs (C(OH)–C–C–N with tert-alkyl or cyclic N) is 1. The Hall–Kier alpha value is -1.90. The lowest BCUT2D eigenvalue weighted by Gasteiger charge is -2.32. The topological polar surface area (TPSA) is 73.6 Å². The van der Waals surface area contributed by atoms with Crippen molar-refractivity contribution in [2.75, 3.05) is 26.2 Å². The fourth-order valence-corrected chi connectivity index (χ4v) is 2.80. The van der Waals surface area contributed by atoms with Gasteiger partial charge < -0.3 is 9.84 Å². The first-order chi connectivity index (χ1) is 10.6. The van der Waals surface area contributed by atoms with E-state index in [1.165, 1.54) is 0 Å². The fourth-order valence-electron chi connectivity index (χ4n) is 2.80. The van der Waals surface area contributed by atoms with Gasteiger partial charge in [-0.3, -0.25) is 9.69 Å².